The van der Waals surface area contributed by atoms with Gasteiger partial charge in [-0.1, -0.05) is 0 Å². The topological polar surface area (TPSA) is 69.2 Å². The molecule has 7 heteroatoms. The average Bonchev–Trinajstić information content (AvgIpc) is 2.89. The zero-order valence-corrected chi connectivity index (χ0v) is 20.5. The van der Waals surface area contributed by atoms with E-state index in [9.17, 15) is 4.79 Å². The minimum atomic E-state index is -0.446. The Bertz CT molecular complexity index is 563. The summed E-state index contributed by atoms with van der Waals surface area (Å²) in [5.74, 6) is 0.866. The maximum absolute atomic E-state index is 12.6. The van der Waals surface area contributed by atoms with Crippen molar-refractivity contribution >= 4 is 12.1 Å². The fourth-order valence-corrected chi connectivity index (χ4v) is 4.88. The van der Waals surface area contributed by atoms with E-state index in [0.717, 1.165) is 51.2 Å². The first-order valence-electron chi connectivity index (χ1n) is 11.8. The van der Waals surface area contributed by atoms with E-state index in [4.69, 9.17) is 4.74 Å². The van der Waals surface area contributed by atoms with Crippen LogP contribution in [0.3, 0.4) is 0 Å². The number of rotatable bonds is 7. The lowest BCUT2D eigenvalue weighted by atomic mass is 9.98. The van der Waals surface area contributed by atoms with E-state index < -0.39 is 5.60 Å². The summed E-state index contributed by atoms with van der Waals surface area (Å²) >= 11 is 0. The molecule has 2 bridgehead atoms. The number of amides is 1. The van der Waals surface area contributed by atoms with E-state index in [1.165, 1.54) is 0 Å². The molecule has 0 saturated carbocycles. The minimum Gasteiger partial charge on any atom is -0.444 e. The molecule has 2 N–H and O–H groups in total. The lowest BCUT2D eigenvalue weighted by Crippen LogP contribution is -2.55. The van der Waals surface area contributed by atoms with Crippen molar-refractivity contribution in [2.45, 2.75) is 116 Å². The Morgan fingerprint density at radius 3 is 2.17 bits per heavy atom. The van der Waals surface area contributed by atoms with Gasteiger partial charge >= 0.3 is 6.09 Å². The van der Waals surface area contributed by atoms with Crippen LogP contribution in [0.15, 0.2) is 4.99 Å². The smallest absolute Gasteiger partial charge is 0.410 e. The van der Waals surface area contributed by atoms with Gasteiger partial charge in [0.1, 0.15) is 5.60 Å². The molecule has 2 aliphatic heterocycles. The number of fused-ring (bicyclic) bond motifs is 2. The molecule has 2 unspecified atom stereocenters. The van der Waals surface area contributed by atoms with E-state index in [-0.39, 0.29) is 18.2 Å². The molecular formula is C23H45N5O2. The molecule has 0 aliphatic carbocycles. The molecule has 2 atom stereocenters. The van der Waals surface area contributed by atoms with E-state index in [2.05, 4.69) is 48.2 Å². The van der Waals surface area contributed by atoms with Crippen LogP contribution in [-0.4, -0.2) is 77.8 Å². The van der Waals surface area contributed by atoms with Crippen LogP contribution in [0.25, 0.3) is 0 Å². The second-order valence-corrected chi connectivity index (χ2v) is 10.4. The molecule has 2 heterocycles. The summed E-state index contributed by atoms with van der Waals surface area (Å²) in [6.07, 6.45) is 4.95. The molecule has 1 amide bonds. The van der Waals surface area contributed by atoms with Crippen molar-refractivity contribution in [1.29, 1.82) is 0 Å². The SMILES string of the molecule is CN=C(NCCCN(C(C)C)C(C)C)NC1CC2CCC(C1)N2C(=O)OC(C)(C)C. The molecule has 2 rings (SSSR count). The van der Waals surface area contributed by atoms with Gasteiger partial charge < -0.3 is 20.3 Å². The largest absolute Gasteiger partial charge is 0.444 e. The molecule has 0 aromatic heterocycles. The molecule has 0 aromatic carbocycles. The van der Waals surface area contributed by atoms with Crippen LogP contribution in [0.5, 0.6) is 0 Å². The van der Waals surface area contributed by atoms with Crippen LogP contribution in [0.1, 0.15) is 80.6 Å². The van der Waals surface area contributed by atoms with Gasteiger partial charge in [0.15, 0.2) is 5.96 Å². The summed E-state index contributed by atoms with van der Waals surface area (Å²) in [5.41, 5.74) is -0.446. The Hall–Kier alpha value is -1.50. The van der Waals surface area contributed by atoms with Crippen molar-refractivity contribution in [3.8, 4) is 0 Å². The van der Waals surface area contributed by atoms with Crippen molar-refractivity contribution in [3.05, 3.63) is 0 Å². The van der Waals surface area contributed by atoms with E-state index >= 15 is 0 Å². The summed E-state index contributed by atoms with van der Waals surface area (Å²) < 4.78 is 5.64. The van der Waals surface area contributed by atoms with Gasteiger partial charge in [-0.15, -0.1) is 0 Å². The van der Waals surface area contributed by atoms with Gasteiger partial charge in [-0.05, 0) is 80.6 Å². The fourth-order valence-electron chi connectivity index (χ4n) is 4.88. The molecule has 2 aliphatic rings. The summed E-state index contributed by atoms with van der Waals surface area (Å²) in [4.78, 5) is 21.6. The van der Waals surface area contributed by atoms with Crippen LogP contribution < -0.4 is 10.6 Å². The first kappa shape index (κ1) is 24.8. The minimum absolute atomic E-state index is 0.157. The maximum Gasteiger partial charge on any atom is 0.410 e. The highest BCUT2D eigenvalue weighted by atomic mass is 16.6. The van der Waals surface area contributed by atoms with E-state index in [1.54, 1.807) is 0 Å². The molecule has 174 valence electrons. The van der Waals surface area contributed by atoms with Crippen LogP contribution in [0, 0.1) is 0 Å². The number of carbonyl (C=O) groups is 1. The second kappa shape index (κ2) is 10.7. The highest BCUT2D eigenvalue weighted by Crippen LogP contribution is 2.36. The number of nitrogens with one attached hydrogen (secondary N) is 2. The van der Waals surface area contributed by atoms with Crippen molar-refractivity contribution in [1.82, 2.24) is 20.4 Å². The number of hydrogen-bond acceptors (Lipinski definition) is 4. The van der Waals surface area contributed by atoms with Gasteiger partial charge in [0.05, 0.1) is 0 Å². The second-order valence-electron chi connectivity index (χ2n) is 10.4. The molecule has 2 fully saturated rings. The molecule has 0 radical (unpaired) electrons. The van der Waals surface area contributed by atoms with Crippen LogP contribution >= 0.6 is 0 Å². The van der Waals surface area contributed by atoms with Gasteiger partial charge in [-0.2, -0.15) is 0 Å². The Morgan fingerprint density at radius 1 is 1.13 bits per heavy atom. The third kappa shape index (κ3) is 7.03. The normalized spacial score (nSPS) is 24.7. The monoisotopic (exact) mass is 423 g/mol. The molecule has 7 nitrogen and oxygen atoms in total. The Balaban J connectivity index is 1.79. The number of carbonyl (C=O) groups excluding carboxylic acids is 1. The van der Waals surface area contributed by atoms with Crippen LogP contribution in [0.2, 0.25) is 0 Å². The van der Waals surface area contributed by atoms with Crippen molar-refractivity contribution in [2.75, 3.05) is 20.1 Å². The highest BCUT2D eigenvalue weighted by molar-refractivity contribution is 5.80. The molecule has 2 saturated heterocycles. The van der Waals surface area contributed by atoms with Crippen LogP contribution in [0.4, 0.5) is 4.79 Å². The molecule has 30 heavy (non-hydrogen) atoms. The fraction of sp³-hybridized carbons (Fsp3) is 0.913. The quantitative estimate of drug-likeness (QED) is 0.372. The van der Waals surface area contributed by atoms with E-state index in [1.807, 2.05) is 32.7 Å². The van der Waals surface area contributed by atoms with Crippen LogP contribution in [-0.2, 0) is 4.74 Å². The molecule has 0 spiro atoms. The van der Waals surface area contributed by atoms with Crippen molar-refractivity contribution in [2.24, 2.45) is 4.99 Å². The summed E-state index contributed by atoms with van der Waals surface area (Å²) in [6, 6.07) is 2.00. The lowest BCUT2D eigenvalue weighted by molar-refractivity contribution is 0.00545. The van der Waals surface area contributed by atoms with Gasteiger partial charge in [0.25, 0.3) is 0 Å². The summed E-state index contributed by atoms with van der Waals surface area (Å²) in [5, 5.41) is 7.07. The third-order valence-corrected chi connectivity index (χ3v) is 6.11. The lowest BCUT2D eigenvalue weighted by Gasteiger charge is -2.40. The number of ether oxygens (including phenoxy) is 1. The predicted octanol–water partition coefficient (Wildman–Crippen LogP) is 3.59. The number of aliphatic imine (C=N–C) groups is 1. The Labute approximate surface area is 184 Å². The predicted molar refractivity (Wildman–Crippen MR) is 124 cm³/mol. The van der Waals surface area contributed by atoms with Gasteiger partial charge in [-0.25, -0.2) is 4.79 Å². The Kier molecular flexibility index (Phi) is 8.83. The van der Waals surface area contributed by atoms with E-state index in [0.29, 0.717) is 18.1 Å². The Morgan fingerprint density at radius 2 is 1.70 bits per heavy atom. The summed E-state index contributed by atoms with van der Waals surface area (Å²) in [7, 11) is 1.83. The maximum atomic E-state index is 12.6. The number of piperidine rings is 1. The zero-order valence-electron chi connectivity index (χ0n) is 20.5. The summed E-state index contributed by atoms with van der Waals surface area (Å²) in [6.45, 7) is 16.8. The van der Waals surface area contributed by atoms with Gasteiger partial charge in [0, 0.05) is 50.3 Å². The number of hydrogen-bond donors (Lipinski definition) is 2. The number of guanidine groups is 1. The van der Waals surface area contributed by atoms with Gasteiger partial charge in [-0.3, -0.25) is 9.89 Å². The highest BCUT2D eigenvalue weighted by Gasteiger charge is 2.45. The van der Waals surface area contributed by atoms with Gasteiger partial charge in [0.2, 0.25) is 0 Å². The molecular weight excluding hydrogens is 378 g/mol. The molecule has 0 aromatic rings. The van der Waals surface area contributed by atoms with Crippen molar-refractivity contribution in [3.63, 3.8) is 0 Å². The van der Waals surface area contributed by atoms with Crippen molar-refractivity contribution < 1.29 is 9.53 Å². The zero-order chi connectivity index (χ0) is 22.5. The number of nitrogens with zero attached hydrogens (tertiary/aromatic N) is 3. The first-order valence-corrected chi connectivity index (χ1v) is 11.8. The standard InChI is InChI=1S/C23H45N5O2/c1-16(2)27(17(3)4)13-9-12-25-21(24-8)26-18-14-19-10-11-20(15-18)28(19)22(29)30-23(5,6)7/h16-20H,9-15H2,1-8H3,(H2,24,25,26). The third-order valence-electron chi connectivity index (χ3n) is 6.11. The first-order chi connectivity index (χ1) is 14.0. The average molecular weight is 424 g/mol.